The fourth-order valence-corrected chi connectivity index (χ4v) is 8.24. The van der Waals surface area contributed by atoms with Crippen LogP contribution >= 0.6 is 0 Å². The van der Waals surface area contributed by atoms with Crippen LogP contribution in [-0.2, 0) is 28.6 Å². The van der Waals surface area contributed by atoms with Crippen molar-refractivity contribution < 1.29 is 28.6 Å². The van der Waals surface area contributed by atoms with Crippen LogP contribution in [-0.4, -0.2) is 37.2 Å². The highest BCUT2D eigenvalue weighted by molar-refractivity contribution is 5.71. The molecular weight excluding hydrogens is 781 g/mol. The van der Waals surface area contributed by atoms with E-state index >= 15 is 0 Å². The van der Waals surface area contributed by atoms with Gasteiger partial charge in [0, 0.05) is 19.3 Å². The van der Waals surface area contributed by atoms with Gasteiger partial charge in [0.05, 0.1) is 0 Å². The van der Waals surface area contributed by atoms with Gasteiger partial charge in [-0.05, 0) is 51.4 Å². The Labute approximate surface area is 392 Å². The van der Waals surface area contributed by atoms with E-state index in [9.17, 15) is 14.4 Å². The van der Waals surface area contributed by atoms with Gasteiger partial charge < -0.3 is 14.2 Å². The summed E-state index contributed by atoms with van der Waals surface area (Å²) < 4.78 is 16.8. The predicted molar refractivity (Wildman–Crippen MR) is 270 cm³/mol. The third kappa shape index (κ3) is 50.7. The maximum absolute atomic E-state index is 12.8. The van der Waals surface area contributed by atoms with Gasteiger partial charge in [0.15, 0.2) is 6.10 Å². The number of allylic oxidation sites excluding steroid dienone is 4. The van der Waals surface area contributed by atoms with Crippen molar-refractivity contribution >= 4 is 17.9 Å². The normalized spacial score (nSPS) is 12.1. The highest BCUT2D eigenvalue weighted by Crippen LogP contribution is 2.17. The molecule has 0 N–H and O–H groups in total. The molecule has 0 aromatic carbocycles. The zero-order valence-electron chi connectivity index (χ0n) is 42.4. The average Bonchev–Trinajstić information content (AvgIpc) is 3.28. The number of carbonyl (C=O) groups excluding carboxylic acids is 3. The highest BCUT2D eigenvalue weighted by atomic mass is 16.6. The number of unbranched alkanes of at least 4 members (excludes halogenated alkanes) is 36. The lowest BCUT2D eigenvalue weighted by atomic mass is 10.0. The molecule has 6 heteroatoms. The van der Waals surface area contributed by atoms with E-state index in [1.54, 1.807) is 0 Å². The first-order chi connectivity index (χ1) is 31.0. The Hall–Kier alpha value is -2.11. The van der Waals surface area contributed by atoms with Gasteiger partial charge in [-0.25, -0.2) is 0 Å². The molecule has 1 atom stereocenters. The molecule has 0 aliphatic rings. The quantitative estimate of drug-likeness (QED) is 0.0262. The summed E-state index contributed by atoms with van der Waals surface area (Å²) >= 11 is 0. The van der Waals surface area contributed by atoms with E-state index in [-0.39, 0.29) is 31.1 Å². The summed E-state index contributed by atoms with van der Waals surface area (Å²) in [4.78, 5) is 38.1. The van der Waals surface area contributed by atoms with E-state index in [4.69, 9.17) is 14.2 Å². The molecule has 0 saturated heterocycles. The molecule has 6 nitrogen and oxygen atoms in total. The van der Waals surface area contributed by atoms with Crippen LogP contribution in [0.1, 0.15) is 303 Å². The SMILES string of the molecule is CCCCC/C=C\C/C=C\CCCCCCCC(=O)OCC(COC(=O)CCCCCCCCCCCCCCCCC)OC(=O)CCCCCCCCCCCCCCCCC. The van der Waals surface area contributed by atoms with Crippen molar-refractivity contribution in [3.8, 4) is 0 Å². The van der Waals surface area contributed by atoms with E-state index in [1.807, 2.05) is 0 Å². The van der Waals surface area contributed by atoms with Crippen LogP contribution in [0, 0.1) is 0 Å². The van der Waals surface area contributed by atoms with Crippen molar-refractivity contribution in [3.05, 3.63) is 24.3 Å². The van der Waals surface area contributed by atoms with Crippen LogP contribution in [0.2, 0.25) is 0 Å². The molecular formula is C57H106O6. The fourth-order valence-electron chi connectivity index (χ4n) is 8.24. The van der Waals surface area contributed by atoms with E-state index in [0.29, 0.717) is 19.3 Å². The van der Waals surface area contributed by atoms with Crippen molar-refractivity contribution in [2.45, 2.75) is 309 Å². The van der Waals surface area contributed by atoms with Crippen LogP contribution in [0.4, 0.5) is 0 Å². The Balaban J connectivity index is 4.35. The lowest BCUT2D eigenvalue weighted by Gasteiger charge is -2.18. The molecule has 1 unspecified atom stereocenters. The smallest absolute Gasteiger partial charge is 0.306 e. The first kappa shape index (κ1) is 60.9. The monoisotopic (exact) mass is 887 g/mol. The minimum Gasteiger partial charge on any atom is -0.462 e. The van der Waals surface area contributed by atoms with Gasteiger partial charge in [0.1, 0.15) is 13.2 Å². The largest absolute Gasteiger partial charge is 0.462 e. The third-order valence-corrected chi connectivity index (χ3v) is 12.5. The summed E-state index contributed by atoms with van der Waals surface area (Å²) in [5.41, 5.74) is 0. The Morgan fingerprint density at radius 2 is 0.571 bits per heavy atom. The summed E-state index contributed by atoms with van der Waals surface area (Å²) in [6, 6.07) is 0. The number of hydrogen-bond acceptors (Lipinski definition) is 6. The Bertz CT molecular complexity index is 1020. The number of hydrogen-bond donors (Lipinski definition) is 0. The van der Waals surface area contributed by atoms with E-state index in [0.717, 1.165) is 77.0 Å². The summed E-state index contributed by atoms with van der Waals surface area (Å²) in [5, 5.41) is 0. The average molecular weight is 887 g/mol. The van der Waals surface area contributed by atoms with Crippen molar-refractivity contribution in [1.29, 1.82) is 0 Å². The molecule has 0 radical (unpaired) electrons. The van der Waals surface area contributed by atoms with Gasteiger partial charge in [0.2, 0.25) is 0 Å². The Kier molecular flexibility index (Phi) is 50.8. The van der Waals surface area contributed by atoms with Crippen molar-refractivity contribution in [3.63, 3.8) is 0 Å². The van der Waals surface area contributed by atoms with Gasteiger partial charge in [-0.2, -0.15) is 0 Å². The minimum absolute atomic E-state index is 0.0703. The van der Waals surface area contributed by atoms with E-state index in [2.05, 4.69) is 45.1 Å². The second-order valence-corrected chi connectivity index (χ2v) is 18.9. The molecule has 0 fully saturated rings. The van der Waals surface area contributed by atoms with Gasteiger partial charge in [-0.15, -0.1) is 0 Å². The number of esters is 3. The zero-order valence-corrected chi connectivity index (χ0v) is 42.4. The van der Waals surface area contributed by atoms with E-state index < -0.39 is 6.10 Å². The molecule has 0 aliphatic carbocycles. The van der Waals surface area contributed by atoms with Crippen molar-refractivity contribution in [2.75, 3.05) is 13.2 Å². The van der Waals surface area contributed by atoms with Crippen molar-refractivity contribution in [1.82, 2.24) is 0 Å². The van der Waals surface area contributed by atoms with Gasteiger partial charge in [-0.3, -0.25) is 14.4 Å². The number of rotatable bonds is 51. The number of carbonyl (C=O) groups is 3. The molecule has 63 heavy (non-hydrogen) atoms. The Morgan fingerprint density at radius 3 is 0.905 bits per heavy atom. The molecule has 0 saturated carbocycles. The molecule has 0 heterocycles. The molecule has 0 amide bonds. The van der Waals surface area contributed by atoms with Crippen LogP contribution in [0.15, 0.2) is 24.3 Å². The third-order valence-electron chi connectivity index (χ3n) is 12.5. The van der Waals surface area contributed by atoms with Gasteiger partial charge >= 0.3 is 17.9 Å². The molecule has 0 aromatic heterocycles. The summed E-state index contributed by atoms with van der Waals surface area (Å²) in [7, 11) is 0. The lowest BCUT2D eigenvalue weighted by Crippen LogP contribution is -2.30. The molecule has 0 aliphatic heterocycles. The van der Waals surface area contributed by atoms with Crippen LogP contribution in [0.25, 0.3) is 0 Å². The maximum Gasteiger partial charge on any atom is 0.306 e. The topological polar surface area (TPSA) is 78.9 Å². The summed E-state index contributed by atoms with van der Waals surface area (Å²) in [6.07, 6.45) is 60.1. The molecule has 0 aromatic rings. The second-order valence-electron chi connectivity index (χ2n) is 18.9. The maximum atomic E-state index is 12.8. The van der Waals surface area contributed by atoms with Crippen LogP contribution in [0.3, 0.4) is 0 Å². The summed E-state index contributed by atoms with van der Waals surface area (Å²) in [5.74, 6) is -0.865. The minimum atomic E-state index is -0.771. The molecule has 0 bridgehead atoms. The first-order valence-corrected chi connectivity index (χ1v) is 27.8. The second kappa shape index (κ2) is 52.5. The Morgan fingerprint density at radius 1 is 0.317 bits per heavy atom. The lowest BCUT2D eigenvalue weighted by molar-refractivity contribution is -0.167. The van der Waals surface area contributed by atoms with Crippen molar-refractivity contribution in [2.24, 2.45) is 0 Å². The predicted octanol–water partition coefficient (Wildman–Crippen LogP) is 18.3. The molecule has 0 rings (SSSR count). The summed E-state index contributed by atoms with van der Waals surface area (Å²) in [6.45, 7) is 6.65. The zero-order chi connectivity index (χ0) is 45.8. The number of ether oxygens (including phenoxy) is 3. The van der Waals surface area contributed by atoms with E-state index in [1.165, 1.54) is 186 Å². The molecule has 370 valence electrons. The standard InChI is InChI=1S/C57H106O6/c1-4-7-10-13-16-19-22-25-28-31-34-37-40-43-46-49-55(58)61-52-54(63-57(60)51-48-45-42-39-36-33-30-27-24-21-18-15-12-9-6-3)53-62-56(59)50-47-44-41-38-35-32-29-26-23-20-17-14-11-8-5-2/h16,19,25,28,54H,4-15,17-18,20-24,26-27,29-53H2,1-3H3/b19-16-,28-25-. The highest BCUT2D eigenvalue weighted by Gasteiger charge is 2.19. The van der Waals surface area contributed by atoms with Gasteiger partial charge in [0.25, 0.3) is 0 Å². The van der Waals surface area contributed by atoms with Crippen LogP contribution in [0.5, 0.6) is 0 Å². The molecule has 0 spiro atoms. The van der Waals surface area contributed by atoms with Crippen LogP contribution < -0.4 is 0 Å². The van der Waals surface area contributed by atoms with Gasteiger partial charge in [-0.1, -0.05) is 257 Å². The first-order valence-electron chi connectivity index (χ1n) is 27.8. The fraction of sp³-hybridized carbons (Fsp3) is 0.877.